The van der Waals surface area contributed by atoms with Crippen LogP contribution in [0.15, 0.2) is 17.5 Å². The third-order valence-electron chi connectivity index (χ3n) is 3.06. The number of hydrogen-bond donors (Lipinski definition) is 0. The van der Waals surface area contributed by atoms with Crippen LogP contribution in [0.5, 0.6) is 0 Å². The van der Waals surface area contributed by atoms with E-state index in [1.807, 2.05) is 24.4 Å². The second-order valence-electron chi connectivity index (χ2n) is 4.64. The van der Waals surface area contributed by atoms with Gasteiger partial charge in [0.05, 0.1) is 17.6 Å². The predicted octanol–water partition coefficient (Wildman–Crippen LogP) is 0.649. The van der Waals surface area contributed by atoms with Gasteiger partial charge in [0.15, 0.2) is 0 Å². The zero-order chi connectivity index (χ0) is 13.9. The van der Waals surface area contributed by atoms with Gasteiger partial charge in [0, 0.05) is 13.1 Å². The van der Waals surface area contributed by atoms with Crippen LogP contribution in [0.1, 0.15) is 6.92 Å². The number of carbonyl (C=O) groups is 1. The number of rotatable bonds is 3. The quantitative estimate of drug-likeness (QED) is 0.830. The fraction of sp³-hybridized carbons (Fsp3) is 0.500. The van der Waals surface area contributed by atoms with E-state index in [1.54, 1.807) is 16.2 Å². The van der Waals surface area contributed by atoms with E-state index in [9.17, 15) is 4.79 Å². The summed E-state index contributed by atoms with van der Waals surface area (Å²) in [5.41, 5.74) is 0. The maximum absolute atomic E-state index is 12.2. The van der Waals surface area contributed by atoms with Gasteiger partial charge in [0.2, 0.25) is 11.7 Å². The van der Waals surface area contributed by atoms with E-state index >= 15 is 0 Å². The zero-order valence-electron chi connectivity index (χ0n) is 11.1. The highest BCUT2D eigenvalue weighted by atomic mass is 32.1. The van der Waals surface area contributed by atoms with Crippen LogP contribution in [0, 0.1) is 0 Å². The Morgan fingerprint density at radius 2 is 2.50 bits per heavy atom. The average molecular weight is 293 g/mol. The fourth-order valence-electron chi connectivity index (χ4n) is 2.08. The minimum atomic E-state index is -0.00437. The van der Waals surface area contributed by atoms with E-state index in [-0.39, 0.29) is 18.6 Å². The SMILES string of the molecule is C[C@H]1CN(C(=O)Cn2nnc(-c3cccs3)n2)CCO1. The van der Waals surface area contributed by atoms with Crippen LogP contribution in [0.4, 0.5) is 0 Å². The van der Waals surface area contributed by atoms with Crippen LogP contribution in [-0.2, 0) is 16.1 Å². The normalized spacial score (nSPS) is 19.2. The van der Waals surface area contributed by atoms with E-state index in [1.165, 1.54) is 4.80 Å². The lowest BCUT2D eigenvalue weighted by Crippen LogP contribution is -2.45. The first-order valence-corrected chi connectivity index (χ1v) is 7.31. The van der Waals surface area contributed by atoms with Gasteiger partial charge in [-0.15, -0.1) is 21.5 Å². The summed E-state index contributed by atoms with van der Waals surface area (Å²) in [5, 5.41) is 14.1. The Balaban J connectivity index is 1.64. The van der Waals surface area contributed by atoms with Crippen molar-refractivity contribution >= 4 is 17.2 Å². The average Bonchev–Trinajstić information content (AvgIpc) is 3.08. The van der Waals surface area contributed by atoms with Crippen LogP contribution < -0.4 is 0 Å². The number of ether oxygens (including phenoxy) is 1. The molecule has 20 heavy (non-hydrogen) atoms. The molecule has 0 radical (unpaired) electrons. The van der Waals surface area contributed by atoms with Gasteiger partial charge < -0.3 is 9.64 Å². The second-order valence-corrected chi connectivity index (χ2v) is 5.59. The van der Waals surface area contributed by atoms with Crippen molar-refractivity contribution in [3.8, 4) is 10.7 Å². The molecule has 1 amide bonds. The Morgan fingerprint density at radius 1 is 1.60 bits per heavy atom. The van der Waals surface area contributed by atoms with Crippen molar-refractivity contribution < 1.29 is 9.53 Å². The summed E-state index contributed by atoms with van der Waals surface area (Å²) in [6, 6.07) is 3.86. The van der Waals surface area contributed by atoms with Crippen molar-refractivity contribution in [2.45, 2.75) is 19.6 Å². The first-order chi connectivity index (χ1) is 9.72. The van der Waals surface area contributed by atoms with Gasteiger partial charge >= 0.3 is 0 Å². The summed E-state index contributed by atoms with van der Waals surface area (Å²) < 4.78 is 5.42. The first kappa shape index (κ1) is 13.2. The zero-order valence-corrected chi connectivity index (χ0v) is 11.9. The standard InChI is InChI=1S/C12H15N5O2S/c1-9-7-16(4-5-19-9)11(18)8-17-14-12(13-15-17)10-3-2-6-20-10/h2-3,6,9H,4-5,7-8H2,1H3/t9-/m0/s1. The van der Waals surface area contributed by atoms with Crippen LogP contribution in [0.25, 0.3) is 10.7 Å². The number of thiophene rings is 1. The highest BCUT2D eigenvalue weighted by molar-refractivity contribution is 7.13. The molecule has 7 nitrogen and oxygen atoms in total. The number of morpholine rings is 1. The van der Waals surface area contributed by atoms with Crippen LogP contribution in [-0.4, -0.2) is 56.8 Å². The second kappa shape index (κ2) is 5.68. The summed E-state index contributed by atoms with van der Waals surface area (Å²) in [4.78, 5) is 16.2. The molecule has 0 unspecified atom stereocenters. The molecule has 0 aromatic carbocycles. The van der Waals surface area contributed by atoms with Crippen molar-refractivity contribution in [3.63, 3.8) is 0 Å². The summed E-state index contributed by atoms with van der Waals surface area (Å²) >= 11 is 1.55. The molecule has 0 saturated carbocycles. The molecule has 1 atom stereocenters. The highest BCUT2D eigenvalue weighted by Crippen LogP contribution is 2.19. The predicted molar refractivity (Wildman–Crippen MR) is 73.1 cm³/mol. The van der Waals surface area contributed by atoms with Gasteiger partial charge in [0.1, 0.15) is 6.54 Å². The van der Waals surface area contributed by atoms with Crippen LogP contribution in [0.3, 0.4) is 0 Å². The van der Waals surface area contributed by atoms with E-state index in [4.69, 9.17) is 4.74 Å². The topological polar surface area (TPSA) is 73.1 Å². The van der Waals surface area contributed by atoms with Gasteiger partial charge in [-0.2, -0.15) is 4.80 Å². The third kappa shape index (κ3) is 2.86. The minimum Gasteiger partial charge on any atom is -0.375 e. The largest absolute Gasteiger partial charge is 0.375 e. The summed E-state index contributed by atoms with van der Waals surface area (Å²) in [5.74, 6) is 0.554. The lowest BCUT2D eigenvalue weighted by atomic mass is 10.3. The molecule has 3 heterocycles. The van der Waals surface area contributed by atoms with Gasteiger partial charge in [-0.25, -0.2) is 0 Å². The Hall–Kier alpha value is -1.80. The molecule has 1 fully saturated rings. The van der Waals surface area contributed by atoms with Crippen LogP contribution in [0.2, 0.25) is 0 Å². The van der Waals surface area contributed by atoms with Gasteiger partial charge in [-0.3, -0.25) is 4.79 Å². The molecule has 2 aromatic heterocycles. The number of tetrazole rings is 1. The number of amides is 1. The summed E-state index contributed by atoms with van der Waals surface area (Å²) in [7, 11) is 0. The molecule has 3 rings (SSSR count). The van der Waals surface area contributed by atoms with Crippen molar-refractivity contribution in [2.75, 3.05) is 19.7 Å². The Bertz CT molecular complexity index is 582. The molecule has 1 saturated heterocycles. The molecule has 2 aromatic rings. The maximum atomic E-state index is 12.2. The van der Waals surface area contributed by atoms with E-state index in [0.717, 1.165) is 4.88 Å². The summed E-state index contributed by atoms with van der Waals surface area (Å²) in [6.45, 7) is 3.90. The molecular weight excluding hydrogens is 278 g/mol. The van der Waals surface area contributed by atoms with Gasteiger partial charge in [0.25, 0.3) is 0 Å². The molecule has 0 N–H and O–H groups in total. The highest BCUT2D eigenvalue weighted by Gasteiger charge is 2.22. The Labute approximate surface area is 120 Å². The van der Waals surface area contributed by atoms with E-state index < -0.39 is 0 Å². The van der Waals surface area contributed by atoms with Gasteiger partial charge in [-0.05, 0) is 23.6 Å². The first-order valence-electron chi connectivity index (χ1n) is 6.43. The van der Waals surface area contributed by atoms with E-state index in [2.05, 4.69) is 15.4 Å². The van der Waals surface area contributed by atoms with Crippen LogP contribution >= 0.6 is 11.3 Å². The molecule has 8 heteroatoms. The molecule has 106 valence electrons. The maximum Gasteiger partial charge on any atom is 0.246 e. The third-order valence-corrected chi connectivity index (χ3v) is 3.93. The fourth-order valence-corrected chi connectivity index (χ4v) is 2.73. The smallest absolute Gasteiger partial charge is 0.246 e. The number of carbonyl (C=O) groups excluding carboxylic acids is 1. The molecular formula is C12H15N5O2S. The minimum absolute atomic E-state index is 0.00437. The Morgan fingerprint density at radius 3 is 3.25 bits per heavy atom. The number of hydrogen-bond acceptors (Lipinski definition) is 6. The molecule has 1 aliphatic rings. The lowest BCUT2D eigenvalue weighted by Gasteiger charge is -2.30. The van der Waals surface area contributed by atoms with Crippen molar-refractivity contribution in [3.05, 3.63) is 17.5 Å². The van der Waals surface area contributed by atoms with E-state index in [0.29, 0.717) is 25.5 Å². The molecule has 0 bridgehead atoms. The monoisotopic (exact) mass is 293 g/mol. The molecule has 0 aliphatic carbocycles. The van der Waals surface area contributed by atoms with Crippen molar-refractivity contribution in [1.29, 1.82) is 0 Å². The Kier molecular flexibility index (Phi) is 3.75. The lowest BCUT2D eigenvalue weighted by molar-refractivity contribution is -0.139. The number of aromatic nitrogens is 4. The molecule has 0 spiro atoms. The summed E-state index contributed by atoms with van der Waals surface area (Å²) in [6.07, 6.45) is 0.0816. The van der Waals surface area contributed by atoms with Gasteiger partial charge in [-0.1, -0.05) is 6.07 Å². The molecule has 1 aliphatic heterocycles. The van der Waals surface area contributed by atoms with Crippen molar-refractivity contribution in [2.24, 2.45) is 0 Å². The number of nitrogens with zero attached hydrogens (tertiary/aromatic N) is 5. The van der Waals surface area contributed by atoms with Crippen molar-refractivity contribution in [1.82, 2.24) is 25.1 Å².